The molecule has 0 atom stereocenters. The normalized spacial score (nSPS) is 18.1. The third kappa shape index (κ3) is 1.99. The number of aliphatic imine (C=N–C) groups is 1. The minimum Gasteiger partial charge on any atom is -0.289 e. The lowest BCUT2D eigenvalue weighted by molar-refractivity contribution is -0.121. The lowest BCUT2D eigenvalue weighted by Gasteiger charge is -2.07. The molecule has 1 aliphatic heterocycles. The van der Waals surface area contributed by atoms with Crippen LogP contribution in [0.15, 0.2) is 35.1 Å². The lowest BCUT2D eigenvalue weighted by atomic mass is 10.3. The maximum atomic E-state index is 11.8. The molecule has 16 heavy (non-hydrogen) atoms. The topological polar surface area (TPSA) is 45.6 Å². The molecule has 1 amide bonds. The molecule has 2 rings (SSSR count). The number of carbonyl (C=O) groups excluding carboxylic acids is 1. The van der Waals surface area contributed by atoms with Crippen LogP contribution in [0.2, 0.25) is 0 Å². The zero-order chi connectivity index (χ0) is 11.5. The van der Waals surface area contributed by atoms with Crippen molar-refractivity contribution in [3.05, 3.63) is 35.8 Å². The fourth-order valence-corrected chi connectivity index (χ4v) is 1.91. The summed E-state index contributed by atoms with van der Waals surface area (Å²) < 4.78 is 0. The van der Waals surface area contributed by atoms with E-state index < -0.39 is 0 Å². The standard InChI is InChI=1S/C11H11N3OS/c1-14-10(15)9(13-11(14)16-2)7-8-5-3-4-6-12-8/h3-7H,1-2H3/b9-7-. The molecule has 1 aliphatic rings. The predicted molar refractivity (Wildman–Crippen MR) is 65.9 cm³/mol. The van der Waals surface area contributed by atoms with E-state index in [9.17, 15) is 4.79 Å². The Morgan fingerprint density at radius 3 is 2.81 bits per heavy atom. The summed E-state index contributed by atoms with van der Waals surface area (Å²) in [5.41, 5.74) is 1.18. The lowest BCUT2D eigenvalue weighted by Crippen LogP contribution is -2.25. The zero-order valence-corrected chi connectivity index (χ0v) is 9.86. The molecule has 0 aliphatic carbocycles. The minimum absolute atomic E-state index is 0.0880. The Morgan fingerprint density at radius 1 is 1.44 bits per heavy atom. The number of hydrogen-bond acceptors (Lipinski definition) is 4. The average molecular weight is 233 g/mol. The summed E-state index contributed by atoms with van der Waals surface area (Å²) in [6.45, 7) is 0. The van der Waals surface area contributed by atoms with Crippen LogP contribution in [-0.2, 0) is 4.79 Å². The highest BCUT2D eigenvalue weighted by Gasteiger charge is 2.26. The van der Waals surface area contributed by atoms with Gasteiger partial charge in [0.2, 0.25) is 0 Å². The molecule has 0 saturated carbocycles. The molecule has 1 aromatic rings. The smallest absolute Gasteiger partial charge is 0.278 e. The average Bonchev–Trinajstić information content (AvgIpc) is 2.58. The number of aromatic nitrogens is 1. The largest absolute Gasteiger partial charge is 0.289 e. The molecule has 0 fully saturated rings. The van der Waals surface area contributed by atoms with E-state index in [1.165, 1.54) is 11.8 Å². The summed E-state index contributed by atoms with van der Waals surface area (Å²) in [4.78, 5) is 21.7. The van der Waals surface area contributed by atoms with Crippen LogP contribution in [0.4, 0.5) is 0 Å². The van der Waals surface area contributed by atoms with Gasteiger partial charge in [0.1, 0.15) is 5.70 Å². The van der Waals surface area contributed by atoms with Gasteiger partial charge in [-0.15, -0.1) is 0 Å². The molecule has 1 aromatic heterocycles. The highest BCUT2D eigenvalue weighted by molar-refractivity contribution is 8.13. The molecule has 5 heteroatoms. The van der Waals surface area contributed by atoms with Gasteiger partial charge in [-0.2, -0.15) is 0 Å². The van der Waals surface area contributed by atoms with Gasteiger partial charge in [0.05, 0.1) is 5.69 Å². The van der Waals surface area contributed by atoms with Gasteiger partial charge >= 0.3 is 0 Å². The Bertz CT molecular complexity index is 467. The van der Waals surface area contributed by atoms with E-state index in [1.54, 1.807) is 24.2 Å². The summed E-state index contributed by atoms with van der Waals surface area (Å²) in [5, 5.41) is 0.715. The third-order valence-corrected chi connectivity index (χ3v) is 2.91. The highest BCUT2D eigenvalue weighted by Crippen LogP contribution is 2.20. The molecule has 4 nitrogen and oxygen atoms in total. The van der Waals surface area contributed by atoms with Crippen molar-refractivity contribution in [1.82, 2.24) is 9.88 Å². The quantitative estimate of drug-likeness (QED) is 0.692. The first kappa shape index (κ1) is 10.9. The number of likely N-dealkylation sites (N-methyl/N-ethyl adjacent to an activating group) is 1. The van der Waals surface area contributed by atoms with Crippen molar-refractivity contribution >= 4 is 28.9 Å². The second-order valence-electron chi connectivity index (χ2n) is 3.25. The van der Waals surface area contributed by atoms with Crippen LogP contribution in [0, 0.1) is 0 Å². The minimum atomic E-state index is -0.0880. The Labute approximate surface area is 98.1 Å². The molecule has 0 bridgehead atoms. The number of amides is 1. The van der Waals surface area contributed by atoms with Crippen molar-refractivity contribution in [2.75, 3.05) is 13.3 Å². The van der Waals surface area contributed by atoms with Crippen molar-refractivity contribution in [3.63, 3.8) is 0 Å². The third-order valence-electron chi connectivity index (χ3n) is 2.18. The van der Waals surface area contributed by atoms with Crippen LogP contribution < -0.4 is 0 Å². The molecule has 0 N–H and O–H groups in total. The van der Waals surface area contributed by atoms with Gasteiger partial charge in [0.15, 0.2) is 5.17 Å². The summed E-state index contributed by atoms with van der Waals surface area (Å²) in [5.74, 6) is -0.0880. The molecule has 0 spiro atoms. The van der Waals surface area contributed by atoms with Gasteiger partial charge in [-0.3, -0.25) is 14.7 Å². The van der Waals surface area contributed by atoms with Gasteiger partial charge in [-0.25, -0.2) is 4.99 Å². The Balaban J connectivity index is 2.33. The van der Waals surface area contributed by atoms with Crippen molar-refractivity contribution in [1.29, 1.82) is 0 Å². The molecule has 82 valence electrons. The van der Waals surface area contributed by atoms with E-state index in [4.69, 9.17) is 0 Å². The van der Waals surface area contributed by atoms with Crippen LogP contribution in [0.3, 0.4) is 0 Å². The van der Waals surface area contributed by atoms with E-state index in [0.717, 1.165) is 5.69 Å². The van der Waals surface area contributed by atoms with E-state index in [-0.39, 0.29) is 5.91 Å². The van der Waals surface area contributed by atoms with Gasteiger partial charge < -0.3 is 0 Å². The number of amidine groups is 1. The van der Waals surface area contributed by atoms with E-state index in [0.29, 0.717) is 10.9 Å². The van der Waals surface area contributed by atoms with Crippen LogP contribution in [-0.4, -0.2) is 34.3 Å². The van der Waals surface area contributed by atoms with E-state index in [1.807, 2.05) is 24.5 Å². The molecule has 0 unspecified atom stereocenters. The molecule has 0 saturated heterocycles. The van der Waals surface area contributed by atoms with Crippen molar-refractivity contribution in [3.8, 4) is 0 Å². The second kappa shape index (κ2) is 4.49. The van der Waals surface area contributed by atoms with Crippen LogP contribution in [0.25, 0.3) is 6.08 Å². The number of rotatable bonds is 1. The second-order valence-corrected chi connectivity index (χ2v) is 4.02. The van der Waals surface area contributed by atoms with Crippen LogP contribution in [0.1, 0.15) is 5.69 Å². The molecule has 0 aromatic carbocycles. The first-order valence-electron chi connectivity index (χ1n) is 4.76. The summed E-state index contributed by atoms with van der Waals surface area (Å²) in [7, 11) is 1.72. The summed E-state index contributed by atoms with van der Waals surface area (Å²) in [6, 6.07) is 5.55. The summed E-state index contributed by atoms with van der Waals surface area (Å²) in [6.07, 6.45) is 5.28. The van der Waals surface area contributed by atoms with Crippen LogP contribution >= 0.6 is 11.8 Å². The summed E-state index contributed by atoms with van der Waals surface area (Å²) >= 11 is 1.45. The van der Waals surface area contributed by atoms with E-state index >= 15 is 0 Å². The zero-order valence-electron chi connectivity index (χ0n) is 9.04. The van der Waals surface area contributed by atoms with Crippen molar-refractivity contribution < 1.29 is 4.79 Å². The van der Waals surface area contributed by atoms with Crippen molar-refractivity contribution in [2.45, 2.75) is 0 Å². The van der Waals surface area contributed by atoms with Gasteiger partial charge in [-0.1, -0.05) is 17.8 Å². The van der Waals surface area contributed by atoms with Crippen LogP contribution in [0.5, 0.6) is 0 Å². The van der Waals surface area contributed by atoms with Gasteiger partial charge in [0, 0.05) is 13.2 Å². The number of nitrogens with zero attached hydrogens (tertiary/aromatic N) is 3. The van der Waals surface area contributed by atoms with Crippen molar-refractivity contribution in [2.24, 2.45) is 4.99 Å². The molecular weight excluding hydrogens is 222 g/mol. The number of thioether (sulfide) groups is 1. The van der Waals surface area contributed by atoms with E-state index in [2.05, 4.69) is 9.98 Å². The molecule has 2 heterocycles. The Hall–Kier alpha value is -1.62. The molecule has 0 radical (unpaired) electrons. The first-order chi connectivity index (χ1) is 7.72. The monoisotopic (exact) mass is 233 g/mol. The van der Waals surface area contributed by atoms with Gasteiger partial charge in [-0.05, 0) is 24.5 Å². The SMILES string of the molecule is CSC1=N/C(=C\c2ccccn2)C(=O)N1C. The highest BCUT2D eigenvalue weighted by atomic mass is 32.2. The predicted octanol–water partition coefficient (Wildman–Crippen LogP) is 1.61. The first-order valence-corrected chi connectivity index (χ1v) is 5.98. The van der Waals surface area contributed by atoms with Gasteiger partial charge in [0.25, 0.3) is 5.91 Å². The number of hydrogen-bond donors (Lipinski definition) is 0. The Kier molecular flexibility index (Phi) is 3.05. The maximum Gasteiger partial charge on any atom is 0.278 e. The fourth-order valence-electron chi connectivity index (χ4n) is 1.36. The molecular formula is C11H11N3OS. The Morgan fingerprint density at radius 2 is 2.25 bits per heavy atom. The number of pyridine rings is 1. The fraction of sp³-hybridized carbons (Fsp3) is 0.182. The number of carbonyl (C=O) groups is 1. The maximum absolute atomic E-state index is 11.8.